The van der Waals surface area contributed by atoms with Crippen LogP contribution >= 0.6 is 0 Å². The zero-order chi connectivity index (χ0) is 23.8. The van der Waals surface area contributed by atoms with E-state index in [2.05, 4.69) is 38.1 Å². The van der Waals surface area contributed by atoms with E-state index in [9.17, 15) is 0 Å². The predicted molar refractivity (Wildman–Crippen MR) is 149 cm³/mol. The fraction of sp³-hybridized carbons (Fsp3) is 0.818. The van der Waals surface area contributed by atoms with Gasteiger partial charge < -0.3 is 4.74 Å². The van der Waals surface area contributed by atoms with Crippen LogP contribution in [0.3, 0.4) is 0 Å². The van der Waals surface area contributed by atoms with E-state index in [1.54, 1.807) is 5.56 Å². The lowest BCUT2D eigenvalue weighted by atomic mass is 9.77. The molecule has 0 bridgehead atoms. The second kappa shape index (κ2) is 16.6. The Labute approximate surface area is 212 Å². The van der Waals surface area contributed by atoms with Gasteiger partial charge in [-0.05, 0) is 79.9 Å². The molecule has 1 heteroatoms. The van der Waals surface area contributed by atoms with Gasteiger partial charge in [-0.3, -0.25) is 0 Å². The van der Waals surface area contributed by atoms with Gasteiger partial charge in [0.05, 0.1) is 6.61 Å². The summed E-state index contributed by atoms with van der Waals surface area (Å²) < 4.78 is 6.12. The second-order valence-electron chi connectivity index (χ2n) is 11.9. The first-order chi connectivity index (χ1) is 16.8. The van der Waals surface area contributed by atoms with E-state index >= 15 is 0 Å². The molecule has 0 atom stereocenters. The van der Waals surface area contributed by atoms with Crippen molar-refractivity contribution < 1.29 is 4.74 Å². The van der Waals surface area contributed by atoms with Crippen molar-refractivity contribution in [1.82, 2.24) is 0 Å². The Kier molecular flexibility index (Phi) is 13.5. The van der Waals surface area contributed by atoms with Crippen LogP contribution in [-0.2, 0) is 0 Å². The molecule has 2 aliphatic carbocycles. The summed E-state index contributed by atoms with van der Waals surface area (Å²) in [6.07, 6.45) is 28.5. The van der Waals surface area contributed by atoms with Crippen LogP contribution in [0.15, 0.2) is 24.3 Å². The van der Waals surface area contributed by atoms with Gasteiger partial charge in [0.2, 0.25) is 0 Å². The van der Waals surface area contributed by atoms with Crippen LogP contribution < -0.4 is 4.74 Å². The molecule has 0 N–H and O–H groups in total. The SMILES string of the molecule is CCCCCC[C@H]1CC[C@H](CCCOc2ccc([C@H]3CC[C@H](CCCCCC)CC3)cc2)CC1. The molecule has 0 saturated heterocycles. The maximum absolute atomic E-state index is 6.12. The highest BCUT2D eigenvalue weighted by Gasteiger charge is 2.22. The summed E-state index contributed by atoms with van der Waals surface area (Å²) in [5.74, 6) is 4.84. The van der Waals surface area contributed by atoms with Crippen LogP contribution in [0.4, 0.5) is 0 Å². The van der Waals surface area contributed by atoms with E-state index in [4.69, 9.17) is 4.74 Å². The largest absolute Gasteiger partial charge is 0.494 e. The van der Waals surface area contributed by atoms with Crippen molar-refractivity contribution in [3.8, 4) is 5.75 Å². The molecule has 1 aromatic rings. The van der Waals surface area contributed by atoms with Crippen molar-refractivity contribution in [3.63, 3.8) is 0 Å². The number of ether oxygens (including phenoxy) is 1. The summed E-state index contributed by atoms with van der Waals surface area (Å²) in [7, 11) is 0. The van der Waals surface area contributed by atoms with E-state index in [1.165, 1.54) is 128 Å². The van der Waals surface area contributed by atoms with Crippen LogP contribution in [0.2, 0.25) is 0 Å². The van der Waals surface area contributed by atoms with Crippen LogP contribution in [0.25, 0.3) is 0 Å². The van der Waals surface area contributed by atoms with Crippen molar-refractivity contribution >= 4 is 0 Å². The summed E-state index contributed by atoms with van der Waals surface area (Å²) in [5.41, 5.74) is 1.54. The van der Waals surface area contributed by atoms with Crippen LogP contribution in [0, 0.1) is 17.8 Å². The Morgan fingerprint density at radius 1 is 0.559 bits per heavy atom. The van der Waals surface area contributed by atoms with Gasteiger partial charge in [-0.1, -0.05) is 116 Å². The third-order valence-corrected chi connectivity index (χ3v) is 9.12. The van der Waals surface area contributed by atoms with Crippen LogP contribution in [0.1, 0.15) is 154 Å². The van der Waals surface area contributed by atoms with Crippen molar-refractivity contribution in [2.75, 3.05) is 6.61 Å². The van der Waals surface area contributed by atoms with Gasteiger partial charge in [0.1, 0.15) is 5.75 Å². The quantitative estimate of drug-likeness (QED) is 0.219. The maximum Gasteiger partial charge on any atom is 0.119 e. The molecule has 0 radical (unpaired) electrons. The van der Waals surface area contributed by atoms with E-state index < -0.39 is 0 Å². The molecule has 0 heterocycles. The summed E-state index contributed by atoms with van der Waals surface area (Å²) >= 11 is 0. The summed E-state index contributed by atoms with van der Waals surface area (Å²) in [6.45, 7) is 5.51. The van der Waals surface area contributed by atoms with Gasteiger partial charge in [0.15, 0.2) is 0 Å². The monoisotopic (exact) mass is 468 g/mol. The lowest BCUT2D eigenvalue weighted by Gasteiger charge is -2.29. The van der Waals surface area contributed by atoms with Crippen LogP contribution in [-0.4, -0.2) is 6.61 Å². The first-order valence-electron chi connectivity index (χ1n) is 15.5. The second-order valence-corrected chi connectivity index (χ2v) is 11.9. The molecule has 194 valence electrons. The molecule has 2 aliphatic rings. The average molecular weight is 469 g/mol. The van der Waals surface area contributed by atoms with Gasteiger partial charge in [0.25, 0.3) is 0 Å². The third-order valence-electron chi connectivity index (χ3n) is 9.12. The maximum atomic E-state index is 6.12. The topological polar surface area (TPSA) is 9.23 Å². The first-order valence-corrected chi connectivity index (χ1v) is 15.5. The molecular formula is C33H56O. The molecule has 34 heavy (non-hydrogen) atoms. The highest BCUT2D eigenvalue weighted by atomic mass is 16.5. The Bertz CT molecular complexity index is 604. The molecule has 1 nitrogen and oxygen atoms in total. The Morgan fingerprint density at radius 3 is 1.53 bits per heavy atom. The van der Waals surface area contributed by atoms with E-state index in [0.29, 0.717) is 0 Å². The highest BCUT2D eigenvalue weighted by molar-refractivity contribution is 5.29. The minimum atomic E-state index is 0.780. The minimum absolute atomic E-state index is 0.780. The molecule has 0 unspecified atom stereocenters. The molecule has 2 saturated carbocycles. The highest BCUT2D eigenvalue weighted by Crippen LogP contribution is 2.38. The number of hydrogen-bond donors (Lipinski definition) is 0. The van der Waals surface area contributed by atoms with Crippen molar-refractivity contribution in [2.45, 2.75) is 148 Å². The molecule has 0 aromatic heterocycles. The van der Waals surface area contributed by atoms with Crippen molar-refractivity contribution in [2.24, 2.45) is 17.8 Å². The van der Waals surface area contributed by atoms with Crippen LogP contribution in [0.5, 0.6) is 5.75 Å². The average Bonchev–Trinajstić information content (AvgIpc) is 2.89. The van der Waals surface area contributed by atoms with Crippen molar-refractivity contribution in [3.05, 3.63) is 29.8 Å². The number of benzene rings is 1. The zero-order valence-electron chi connectivity index (χ0n) is 22.9. The molecule has 2 fully saturated rings. The number of unbranched alkanes of at least 4 members (excludes halogenated alkanes) is 6. The van der Waals surface area contributed by atoms with Gasteiger partial charge in [-0.25, -0.2) is 0 Å². The van der Waals surface area contributed by atoms with Gasteiger partial charge in [-0.2, -0.15) is 0 Å². The molecule has 0 amide bonds. The predicted octanol–water partition coefficient (Wildman–Crippen LogP) is 10.9. The smallest absolute Gasteiger partial charge is 0.119 e. The lowest BCUT2D eigenvalue weighted by Crippen LogP contribution is -2.15. The normalized spacial score (nSPS) is 25.4. The van der Waals surface area contributed by atoms with Gasteiger partial charge in [0, 0.05) is 0 Å². The Balaban J connectivity index is 1.23. The lowest BCUT2D eigenvalue weighted by molar-refractivity contribution is 0.228. The summed E-state index contributed by atoms with van der Waals surface area (Å²) in [5, 5.41) is 0. The zero-order valence-corrected chi connectivity index (χ0v) is 22.9. The van der Waals surface area contributed by atoms with E-state index in [0.717, 1.165) is 36.0 Å². The molecule has 0 spiro atoms. The van der Waals surface area contributed by atoms with E-state index in [-0.39, 0.29) is 0 Å². The first kappa shape index (κ1) is 27.6. The number of rotatable bonds is 16. The number of hydrogen-bond acceptors (Lipinski definition) is 1. The van der Waals surface area contributed by atoms with Crippen molar-refractivity contribution in [1.29, 1.82) is 0 Å². The molecule has 3 rings (SSSR count). The van der Waals surface area contributed by atoms with Gasteiger partial charge >= 0.3 is 0 Å². The Morgan fingerprint density at radius 2 is 1.03 bits per heavy atom. The fourth-order valence-corrected chi connectivity index (χ4v) is 6.71. The third kappa shape index (κ3) is 10.3. The van der Waals surface area contributed by atoms with E-state index in [1.807, 2.05) is 0 Å². The molecule has 1 aromatic carbocycles. The fourth-order valence-electron chi connectivity index (χ4n) is 6.71. The Hall–Kier alpha value is -0.980. The van der Waals surface area contributed by atoms with Gasteiger partial charge in [-0.15, -0.1) is 0 Å². The molecular weight excluding hydrogens is 412 g/mol. The molecule has 0 aliphatic heterocycles. The standard InChI is InChI=1S/C33H56O/c1-3-5-7-9-12-28-15-17-30(18-16-28)14-11-27-34-33-25-23-32(24-26-33)31-21-19-29(20-22-31)13-10-8-6-4-2/h23-26,28-31H,3-22,27H2,1-2H3/t28-,29-,30-,31-. The summed E-state index contributed by atoms with van der Waals surface area (Å²) in [4.78, 5) is 0. The minimum Gasteiger partial charge on any atom is -0.494 e. The summed E-state index contributed by atoms with van der Waals surface area (Å²) in [6, 6.07) is 9.17.